The fraction of sp³-hybridized carbons (Fsp3) is 0.450. The summed E-state index contributed by atoms with van der Waals surface area (Å²) in [4.78, 5) is 18.1. The third-order valence-corrected chi connectivity index (χ3v) is 7.05. The molecule has 3 aliphatic rings. The third-order valence-electron chi connectivity index (χ3n) is 6.35. The first-order valence-corrected chi connectivity index (χ1v) is 9.94. The van der Waals surface area contributed by atoms with Crippen LogP contribution in [0.2, 0.25) is 0 Å². The SMILES string of the molecule is COc1ccccc1N1C[C@@H]2C[C@@H](c3ccsc3)N3CCC[C@@]23C1=O. The molecule has 5 heteroatoms. The van der Waals surface area contributed by atoms with Crippen molar-refractivity contribution < 1.29 is 9.53 Å². The van der Waals surface area contributed by atoms with Crippen LogP contribution in [0, 0.1) is 5.92 Å². The molecule has 1 amide bonds. The van der Waals surface area contributed by atoms with Crippen molar-refractivity contribution in [1.29, 1.82) is 0 Å². The number of thiophene rings is 1. The Morgan fingerprint density at radius 2 is 2.16 bits per heavy atom. The van der Waals surface area contributed by atoms with E-state index in [4.69, 9.17) is 4.74 Å². The van der Waals surface area contributed by atoms with Gasteiger partial charge in [0.15, 0.2) is 0 Å². The van der Waals surface area contributed by atoms with Gasteiger partial charge in [-0.2, -0.15) is 11.3 Å². The number of rotatable bonds is 3. The first-order valence-electron chi connectivity index (χ1n) is 8.99. The fourth-order valence-electron chi connectivity index (χ4n) is 5.33. The quantitative estimate of drug-likeness (QED) is 0.843. The lowest BCUT2D eigenvalue weighted by Gasteiger charge is -2.33. The molecule has 4 heterocycles. The number of para-hydroxylation sites is 2. The van der Waals surface area contributed by atoms with Crippen LogP contribution < -0.4 is 9.64 Å². The summed E-state index contributed by atoms with van der Waals surface area (Å²) in [6.45, 7) is 1.83. The highest BCUT2D eigenvalue weighted by Crippen LogP contribution is 2.57. The highest BCUT2D eigenvalue weighted by Gasteiger charge is 2.65. The monoisotopic (exact) mass is 354 g/mol. The average Bonchev–Trinajstić information content (AvgIpc) is 3.38. The van der Waals surface area contributed by atoms with Crippen molar-refractivity contribution in [1.82, 2.24) is 4.90 Å². The van der Waals surface area contributed by atoms with E-state index in [2.05, 4.69) is 21.7 Å². The Morgan fingerprint density at radius 3 is 2.96 bits per heavy atom. The molecule has 2 aromatic rings. The lowest BCUT2D eigenvalue weighted by molar-refractivity contribution is -0.126. The van der Waals surface area contributed by atoms with Gasteiger partial charge in [0.2, 0.25) is 5.91 Å². The molecular weight excluding hydrogens is 332 g/mol. The predicted molar refractivity (Wildman–Crippen MR) is 99.2 cm³/mol. The van der Waals surface area contributed by atoms with Gasteiger partial charge >= 0.3 is 0 Å². The molecule has 0 bridgehead atoms. The van der Waals surface area contributed by atoms with Crippen molar-refractivity contribution in [2.75, 3.05) is 25.1 Å². The summed E-state index contributed by atoms with van der Waals surface area (Å²) in [6.07, 6.45) is 3.18. The van der Waals surface area contributed by atoms with E-state index in [1.54, 1.807) is 18.4 Å². The number of carbonyl (C=O) groups excluding carboxylic acids is 1. The van der Waals surface area contributed by atoms with Crippen molar-refractivity contribution >= 4 is 22.9 Å². The minimum absolute atomic E-state index is 0.275. The van der Waals surface area contributed by atoms with Crippen LogP contribution in [0.3, 0.4) is 0 Å². The predicted octanol–water partition coefficient (Wildman–Crippen LogP) is 3.70. The molecule has 4 nitrogen and oxygen atoms in total. The van der Waals surface area contributed by atoms with Gasteiger partial charge in [-0.25, -0.2) is 0 Å². The van der Waals surface area contributed by atoms with E-state index < -0.39 is 0 Å². The number of hydrogen-bond donors (Lipinski definition) is 0. The smallest absolute Gasteiger partial charge is 0.248 e. The van der Waals surface area contributed by atoms with Crippen LogP contribution in [0.25, 0.3) is 0 Å². The minimum atomic E-state index is -0.298. The summed E-state index contributed by atoms with van der Waals surface area (Å²) in [5.74, 6) is 1.46. The molecule has 0 saturated carbocycles. The minimum Gasteiger partial charge on any atom is -0.495 e. The summed E-state index contributed by atoms with van der Waals surface area (Å²) in [5, 5.41) is 4.40. The molecule has 1 aromatic carbocycles. The van der Waals surface area contributed by atoms with Crippen LogP contribution in [-0.4, -0.2) is 36.5 Å². The Labute approximate surface area is 152 Å². The van der Waals surface area contributed by atoms with Crippen molar-refractivity contribution in [3.8, 4) is 5.75 Å². The van der Waals surface area contributed by atoms with Crippen LogP contribution in [-0.2, 0) is 4.79 Å². The van der Waals surface area contributed by atoms with Crippen molar-refractivity contribution in [3.05, 3.63) is 46.7 Å². The van der Waals surface area contributed by atoms with E-state index in [0.29, 0.717) is 12.0 Å². The molecule has 1 aromatic heterocycles. The lowest BCUT2D eigenvalue weighted by atomic mass is 9.85. The zero-order chi connectivity index (χ0) is 17.0. The van der Waals surface area contributed by atoms with Gasteiger partial charge in [0.1, 0.15) is 11.3 Å². The van der Waals surface area contributed by atoms with Gasteiger partial charge in [-0.05, 0) is 60.3 Å². The second-order valence-corrected chi connectivity index (χ2v) is 8.09. The first-order chi connectivity index (χ1) is 12.3. The molecule has 0 N–H and O–H groups in total. The molecule has 0 aliphatic carbocycles. The van der Waals surface area contributed by atoms with E-state index in [0.717, 1.165) is 43.8 Å². The molecule has 0 radical (unpaired) electrons. The Morgan fingerprint density at radius 1 is 1.28 bits per heavy atom. The summed E-state index contributed by atoms with van der Waals surface area (Å²) >= 11 is 1.75. The van der Waals surface area contributed by atoms with Crippen molar-refractivity contribution in [2.24, 2.45) is 5.92 Å². The average molecular weight is 354 g/mol. The fourth-order valence-corrected chi connectivity index (χ4v) is 6.04. The topological polar surface area (TPSA) is 32.8 Å². The number of benzene rings is 1. The number of carbonyl (C=O) groups is 1. The highest BCUT2D eigenvalue weighted by molar-refractivity contribution is 7.08. The Balaban J connectivity index is 1.53. The van der Waals surface area contributed by atoms with Crippen molar-refractivity contribution in [2.45, 2.75) is 30.8 Å². The highest BCUT2D eigenvalue weighted by atomic mass is 32.1. The van der Waals surface area contributed by atoms with E-state index in [1.165, 1.54) is 5.56 Å². The zero-order valence-electron chi connectivity index (χ0n) is 14.4. The van der Waals surface area contributed by atoms with E-state index in [1.807, 2.05) is 29.2 Å². The Kier molecular flexibility index (Phi) is 3.44. The first kappa shape index (κ1) is 15.4. The Bertz CT molecular complexity index is 806. The van der Waals surface area contributed by atoms with Crippen LogP contribution in [0.1, 0.15) is 30.9 Å². The van der Waals surface area contributed by atoms with Crippen LogP contribution >= 0.6 is 11.3 Å². The number of anilines is 1. The summed E-state index contributed by atoms with van der Waals surface area (Å²) in [7, 11) is 1.67. The zero-order valence-corrected chi connectivity index (χ0v) is 15.2. The molecule has 3 atom stereocenters. The maximum atomic E-state index is 13.6. The maximum absolute atomic E-state index is 13.6. The molecule has 25 heavy (non-hydrogen) atoms. The summed E-state index contributed by atoms with van der Waals surface area (Å²) in [6, 6.07) is 10.5. The van der Waals surface area contributed by atoms with Gasteiger partial charge in [0.05, 0.1) is 12.8 Å². The third kappa shape index (κ3) is 1.99. The van der Waals surface area contributed by atoms with Gasteiger partial charge in [0.25, 0.3) is 0 Å². The summed E-state index contributed by atoms with van der Waals surface area (Å²) in [5.41, 5.74) is 2.00. The largest absolute Gasteiger partial charge is 0.495 e. The maximum Gasteiger partial charge on any atom is 0.248 e. The molecule has 3 saturated heterocycles. The number of ether oxygens (including phenoxy) is 1. The normalized spacial score (nSPS) is 31.4. The van der Waals surface area contributed by atoms with E-state index in [-0.39, 0.29) is 11.4 Å². The Hall–Kier alpha value is -1.85. The van der Waals surface area contributed by atoms with E-state index >= 15 is 0 Å². The van der Waals surface area contributed by atoms with Gasteiger partial charge in [-0.15, -0.1) is 0 Å². The number of amides is 1. The molecule has 1 spiro atoms. The number of hydrogen-bond acceptors (Lipinski definition) is 4. The second-order valence-electron chi connectivity index (χ2n) is 7.31. The molecule has 3 fully saturated rings. The standard InChI is InChI=1S/C20H22N2O2S/c1-24-18-6-3-2-5-16(18)21-12-15-11-17(14-7-10-25-13-14)22-9-4-8-20(15,22)19(21)23/h2-3,5-7,10,13,15,17H,4,8-9,11-12H2,1H3/t15-,17-,20-/m0/s1. The second kappa shape index (κ2) is 5.58. The molecule has 130 valence electrons. The lowest BCUT2D eigenvalue weighted by Crippen LogP contribution is -2.49. The van der Waals surface area contributed by atoms with Gasteiger partial charge in [-0.3, -0.25) is 9.69 Å². The summed E-state index contributed by atoms with van der Waals surface area (Å²) < 4.78 is 5.51. The molecule has 3 aliphatic heterocycles. The molecule has 0 unspecified atom stereocenters. The molecule has 5 rings (SSSR count). The van der Waals surface area contributed by atoms with Crippen LogP contribution in [0.4, 0.5) is 5.69 Å². The van der Waals surface area contributed by atoms with Gasteiger partial charge in [-0.1, -0.05) is 12.1 Å². The van der Waals surface area contributed by atoms with Gasteiger partial charge < -0.3 is 9.64 Å². The number of nitrogens with zero attached hydrogens (tertiary/aromatic N) is 2. The number of methoxy groups -OCH3 is 1. The van der Waals surface area contributed by atoms with Crippen LogP contribution in [0.5, 0.6) is 5.75 Å². The van der Waals surface area contributed by atoms with Crippen molar-refractivity contribution in [3.63, 3.8) is 0 Å². The van der Waals surface area contributed by atoms with Gasteiger partial charge in [0, 0.05) is 18.5 Å². The van der Waals surface area contributed by atoms with Crippen LogP contribution in [0.15, 0.2) is 41.1 Å². The van der Waals surface area contributed by atoms with E-state index in [9.17, 15) is 4.79 Å². The molecular formula is C20H22N2O2S.